The maximum atomic E-state index is 11.8. The zero-order chi connectivity index (χ0) is 21.9. The van der Waals surface area contributed by atoms with E-state index in [9.17, 15) is 4.21 Å². The lowest BCUT2D eigenvalue weighted by atomic mass is 10.1. The van der Waals surface area contributed by atoms with E-state index < -0.39 is 10.8 Å². The number of hydrogen-bond acceptors (Lipinski definition) is 5. The molecule has 0 aliphatic rings. The molecular formula is C24H21N5O2S. The van der Waals surface area contributed by atoms with E-state index in [2.05, 4.69) is 15.1 Å². The number of fused-ring (bicyclic) bond motifs is 1. The molecule has 32 heavy (non-hydrogen) atoms. The van der Waals surface area contributed by atoms with Crippen LogP contribution in [0.1, 0.15) is 0 Å². The Bertz CT molecular complexity index is 1380. The first kappa shape index (κ1) is 20.1. The van der Waals surface area contributed by atoms with Crippen LogP contribution in [0.15, 0.2) is 90.7 Å². The van der Waals surface area contributed by atoms with Crippen molar-refractivity contribution in [3.05, 3.63) is 85.8 Å². The van der Waals surface area contributed by atoms with Crippen molar-refractivity contribution in [1.82, 2.24) is 24.1 Å². The molecule has 2 aromatic carbocycles. The fraction of sp³-hybridized carbons (Fsp3) is 0.125. The van der Waals surface area contributed by atoms with Gasteiger partial charge in [0.2, 0.25) is 0 Å². The minimum Gasteiger partial charge on any atom is -0.492 e. The lowest BCUT2D eigenvalue weighted by Crippen LogP contribution is -2.06. The Balaban J connectivity index is 1.34. The van der Waals surface area contributed by atoms with Gasteiger partial charge in [0.15, 0.2) is 5.65 Å². The Labute approximate surface area is 187 Å². The van der Waals surface area contributed by atoms with E-state index in [1.807, 2.05) is 71.7 Å². The number of aromatic nitrogens is 5. The van der Waals surface area contributed by atoms with Gasteiger partial charge in [0.05, 0.1) is 19.1 Å². The quantitative estimate of drug-likeness (QED) is 0.379. The van der Waals surface area contributed by atoms with Crippen LogP contribution in [0.2, 0.25) is 0 Å². The van der Waals surface area contributed by atoms with E-state index in [4.69, 9.17) is 4.74 Å². The summed E-state index contributed by atoms with van der Waals surface area (Å²) in [5.74, 6) is 0.817. The number of nitrogens with zero attached hydrogens (tertiary/aromatic N) is 5. The number of benzene rings is 2. The first-order chi connectivity index (χ1) is 15.7. The Kier molecular flexibility index (Phi) is 5.51. The molecule has 3 heterocycles. The van der Waals surface area contributed by atoms with E-state index in [1.165, 1.54) is 0 Å². The molecule has 5 aromatic rings. The molecule has 1 unspecified atom stereocenters. The SMILES string of the molecule is CS(=O)c1cccc(-c2cnn3cc(-c4ccc(OCCn5ccnc5)cc4)cnc23)c1. The van der Waals surface area contributed by atoms with Gasteiger partial charge in [-0.25, -0.2) is 14.5 Å². The van der Waals surface area contributed by atoms with Gasteiger partial charge in [0.1, 0.15) is 12.4 Å². The first-order valence-electron chi connectivity index (χ1n) is 10.1. The van der Waals surface area contributed by atoms with Gasteiger partial charge in [-0.2, -0.15) is 5.10 Å². The van der Waals surface area contributed by atoms with Crippen LogP contribution in [0.3, 0.4) is 0 Å². The lowest BCUT2D eigenvalue weighted by molar-refractivity contribution is 0.298. The average Bonchev–Trinajstić information content (AvgIpc) is 3.49. The second kappa shape index (κ2) is 8.76. The largest absolute Gasteiger partial charge is 0.492 e. The summed E-state index contributed by atoms with van der Waals surface area (Å²) in [6.45, 7) is 1.33. The molecule has 0 saturated carbocycles. The van der Waals surface area contributed by atoms with E-state index in [0.717, 1.165) is 45.1 Å². The van der Waals surface area contributed by atoms with Crippen molar-refractivity contribution >= 4 is 16.4 Å². The van der Waals surface area contributed by atoms with Gasteiger partial charge in [0.25, 0.3) is 0 Å². The number of hydrogen-bond donors (Lipinski definition) is 0. The van der Waals surface area contributed by atoms with Gasteiger partial charge in [-0.3, -0.25) is 4.21 Å². The topological polar surface area (TPSA) is 74.3 Å². The molecule has 1 atom stereocenters. The van der Waals surface area contributed by atoms with Gasteiger partial charge in [-0.15, -0.1) is 0 Å². The summed E-state index contributed by atoms with van der Waals surface area (Å²) in [5.41, 5.74) is 4.60. The van der Waals surface area contributed by atoms with Crippen LogP contribution in [0.4, 0.5) is 0 Å². The third kappa shape index (κ3) is 4.17. The molecule has 0 aliphatic heterocycles. The summed E-state index contributed by atoms with van der Waals surface area (Å²) in [4.78, 5) is 9.46. The maximum absolute atomic E-state index is 11.8. The predicted molar refractivity (Wildman–Crippen MR) is 124 cm³/mol. The Morgan fingerprint density at radius 1 is 1.03 bits per heavy atom. The Morgan fingerprint density at radius 2 is 1.91 bits per heavy atom. The van der Waals surface area contributed by atoms with Crippen LogP contribution in [-0.4, -0.2) is 41.2 Å². The molecule has 0 saturated heterocycles. The molecule has 8 heteroatoms. The highest BCUT2D eigenvalue weighted by molar-refractivity contribution is 7.84. The third-order valence-corrected chi connectivity index (χ3v) is 6.12. The monoisotopic (exact) mass is 443 g/mol. The fourth-order valence-electron chi connectivity index (χ4n) is 3.50. The van der Waals surface area contributed by atoms with Crippen molar-refractivity contribution in [3.63, 3.8) is 0 Å². The summed E-state index contributed by atoms with van der Waals surface area (Å²) in [6, 6.07) is 15.6. The average molecular weight is 444 g/mol. The molecule has 5 rings (SSSR count). The summed E-state index contributed by atoms with van der Waals surface area (Å²) in [5, 5.41) is 4.48. The van der Waals surface area contributed by atoms with E-state index in [1.54, 1.807) is 29.5 Å². The fourth-order valence-corrected chi connectivity index (χ4v) is 4.06. The van der Waals surface area contributed by atoms with E-state index >= 15 is 0 Å². The molecule has 160 valence electrons. The van der Waals surface area contributed by atoms with Gasteiger partial charge in [-0.05, 0) is 35.4 Å². The van der Waals surface area contributed by atoms with Crippen molar-refractivity contribution in [3.8, 4) is 28.0 Å². The summed E-state index contributed by atoms with van der Waals surface area (Å²) in [7, 11) is -1.04. The molecule has 0 amide bonds. The van der Waals surface area contributed by atoms with Crippen molar-refractivity contribution in [1.29, 1.82) is 0 Å². The van der Waals surface area contributed by atoms with Crippen molar-refractivity contribution in [2.24, 2.45) is 0 Å². The van der Waals surface area contributed by atoms with Crippen LogP contribution in [0.25, 0.3) is 27.9 Å². The normalized spacial score (nSPS) is 12.2. The zero-order valence-corrected chi connectivity index (χ0v) is 18.3. The van der Waals surface area contributed by atoms with Crippen LogP contribution < -0.4 is 4.74 Å². The zero-order valence-electron chi connectivity index (χ0n) is 17.5. The molecule has 0 aliphatic carbocycles. The summed E-state index contributed by atoms with van der Waals surface area (Å²) in [6.07, 6.45) is 12.7. The lowest BCUT2D eigenvalue weighted by Gasteiger charge is -2.08. The smallest absolute Gasteiger partial charge is 0.162 e. The molecule has 7 nitrogen and oxygen atoms in total. The highest BCUT2D eigenvalue weighted by Gasteiger charge is 2.11. The Morgan fingerprint density at radius 3 is 2.69 bits per heavy atom. The van der Waals surface area contributed by atoms with Gasteiger partial charge in [0, 0.05) is 57.9 Å². The molecule has 0 fully saturated rings. The summed E-state index contributed by atoms with van der Waals surface area (Å²) >= 11 is 0. The maximum Gasteiger partial charge on any atom is 0.162 e. The molecule has 3 aromatic heterocycles. The first-order valence-corrected chi connectivity index (χ1v) is 11.7. The number of ether oxygens (including phenoxy) is 1. The molecule has 0 bridgehead atoms. The molecule has 0 spiro atoms. The Hall–Kier alpha value is -3.78. The highest BCUT2D eigenvalue weighted by atomic mass is 32.2. The van der Waals surface area contributed by atoms with Crippen molar-refractivity contribution < 1.29 is 8.95 Å². The van der Waals surface area contributed by atoms with Crippen LogP contribution in [0.5, 0.6) is 5.75 Å². The number of imidazole rings is 1. The minimum atomic E-state index is -1.04. The van der Waals surface area contributed by atoms with Crippen LogP contribution in [0, 0.1) is 0 Å². The van der Waals surface area contributed by atoms with Gasteiger partial charge >= 0.3 is 0 Å². The van der Waals surface area contributed by atoms with Crippen molar-refractivity contribution in [2.75, 3.05) is 12.9 Å². The second-order valence-electron chi connectivity index (χ2n) is 7.32. The summed E-state index contributed by atoms with van der Waals surface area (Å²) < 4.78 is 21.4. The predicted octanol–water partition coefficient (Wildman–Crippen LogP) is 4.08. The van der Waals surface area contributed by atoms with Gasteiger partial charge < -0.3 is 9.30 Å². The van der Waals surface area contributed by atoms with Crippen molar-refractivity contribution in [2.45, 2.75) is 11.4 Å². The molecule has 0 radical (unpaired) electrons. The van der Waals surface area contributed by atoms with E-state index in [-0.39, 0.29) is 0 Å². The van der Waals surface area contributed by atoms with E-state index in [0.29, 0.717) is 6.61 Å². The third-order valence-electron chi connectivity index (χ3n) is 5.20. The minimum absolute atomic E-state index is 0.576. The molecule has 0 N–H and O–H groups in total. The standard InChI is InChI=1S/C24H21N5O2S/c1-32(30)22-4-2-3-19(13-22)23-15-27-29-16-20(14-26-24(23)29)18-5-7-21(8-6-18)31-12-11-28-10-9-25-17-28/h2-10,13-17H,11-12H2,1H3. The van der Waals surface area contributed by atoms with Gasteiger partial charge in [-0.1, -0.05) is 24.3 Å². The second-order valence-corrected chi connectivity index (χ2v) is 8.70. The highest BCUT2D eigenvalue weighted by Crippen LogP contribution is 2.27. The molecular weight excluding hydrogens is 422 g/mol. The number of rotatable bonds is 7. The van der Waals surface area contributed by atoms with Crippen LogP contribution >= 0.6 is 0 Å². The van der Waals surface area contributed by atoms with Crippen LogP contribution in [-0.2, 0) is 17.3 Å².